The zero-order chi connectivity index (χ0) is 33.7. The maximum absolute atomic E-state index is 13.5. The van der Waals surface area contributed by atoms with Crippen LogP contribution in [0, 0.1) is 62.4 Å². The maximum atomic E-state index is 13.5. The standard InChI is InChI=1S/C35H47N3O9/c1-19(4-11-29(39)40)25-8-9-26-24-7-6-22-18-23(12-14-34(22,2)27(24)13-15-35(25,26)3)46-33(43)21(17-30(41)42)16-20-5-10-28(38(44)45)32-31(20)36-47-37-32/h5,10,19,21-27H,4,6-9,11-18H2,1-3H3,(H,39,40)(H,41,42)/t19-,21+,22-,23+,24+,25?,26+,27+,34+,35-/m1/s1. The summed E-state index contributed by atoms with van der Waals surface area (Å²) in [5.41, 5.74) is 0.707. The van der Waals surface area contributed by atoms with E-state index < -0.39 is 35.2 Å². The van der Waals surface area contributed by atoms with Crippen molar-refractivity contribution in [2.24, 2.45) is 52.3 Å². The molecule has 0 spiro atoms. The van der Waals surface area contributed by atoms with Crippen LogP contribution in [0.25, 0.3) is 11.0 Å². The normalized spacial score (nSPS) is 34.4. The summed E-state index contributed by atoms with van der Waals surface area (Å²) < 4.78 is 10.8. The molecule has 0 amide bonds. The lowest BCUT2D eigenvalue weighted by molar-refractivity contribution is -0.383. The molecule has 6 rings (SSSR count). The number of nitro benzene ring substituents is 1. The van der Waals surface area contributed by atoms with Crippen molar-refractivity contribution < 1.29 is 38.9 Å². The smallest absolute Gasteiger partial charge is 0.310 e. The molecule has 256 valence electrons. The van der Waals surface area contributed by atoms with Crippen LogP contribution in [0.3, 0.4) is 0 Å². The first kappa shape index (κ1) is 33.3. The van der Waals surface area contributed by atoms with E-state index in [1.807, 2.05) is 0 Å². The van der Waals surface area contributed by atoms with Crippen molar-refractivity contribution in [3.8, 4) is 0 Å². The molecular weight excluding hydrogens is 606 g/mol. The van der Waals surface area contributed by atoms with Gasteiger partial charge in [-0.1, -0.05) is 20.8 Å². The SMILES string of the molecule is C[C@H](CCC(=O)O)C1CC[C@H]2[C@@H]3CC[C@@H]4C[C@@H](OC(=O)[C@H](CC(=O)O)Cc5ccc([N+](=O)[O-])c6nonc56)CC[C@]4(C)[C@H]3CC[C@]12C. The number of fused-ring (bicyclic) bond motifs is 6. The molecule has 0 radical (unpaired) electrons. The van der Waals surface area contributed by atoms with Crippen molar-refractivity contribution in [2.75, 3.05) is 0 Å². The number of nitro groups is 1. The molecule has 0 aliphatic heterocycles. The van der Waals surface area contributed by atoms with Gasteiger partial charge >= 0.3 is 23.6 Å². The van der Waals surface area contributed by atoms with E-state index in [0.29, 0.717) is 41.1 Å². The van der Waals surface area contributed by atoms with Gasteiger partial charge < -0.3 is 14.9 Å². The third-order valence-corrected chi connectivity index (χ3v) is 13.4. The van der Waals surface area contributed by atoms with Crippen LogP contribution in [-0.2, 0) is 25.5 Å². The van der Waals surface area contributed by atoms with E-state index >= 15 is 0 Å². The van der Waals surface area contributed by atoms with Gasteiger partial charge in [0.25, 0.3) is 0 Å². The predicted molar refractivity (Wildman–Crippen MR) is 169 cm³/mol. The monoisotopic (exact) mass is 653 g/mol. The number of nitrogens with zero attached hydrogens (tertiary/aromatic N) is 3. The largest absolute Gasteiger partial charge is 0.481 e. The Morgan fingerprint density at radius 1 is 1.00 bits per heavy atom. The van der Waals surface area contributed by atoms with Crippen LogP contribution in [0.2, 0.25) is 0 Å². The molecule has 0 bridgehead atoms. The zero-order valence-electron chi connectivity index (χ0n) is 27.6. The van der Waals surface area contributed by atoms with Crippen molar-refractivity contribution >= 4 is 34.6 Å². The van der Waals surface area contributed by atoms with Crippen LogP contribution in [0.4, 0.5) is 5.69 Å². The van der Waals surface area contributed by atoms with Gasteiger partial charge in [0, 0.05) is 12.5 Å². The summed E-state index contributed by atoms with van der Waals surface area (Å²) in [6.07, 6.45) is 9.83. The summed E-state index contributed by atoms with van der Waals surface area (Å²) in [5.74, 6) is 0.0117. The third kappa shape index (κ3) is 6.12. The fourth-order valence-corrected chi connectivity index (χ4v) is 11.0. The highest BCUT2D eigenvalue weighted by atomic mass is 16.6. The minimum atomic E-state index is -1.13. The Kier molecular flexibility index (Phi) is 9.08. The Morgan fingerprint density at radius 2 is 1.72 bits per heavy atom. The molecular formula is C35H47N3O9. The van der Waals surface area contributed by atoms with Crippen LogP contribution < -0.4 is 0 Å². The van der Waals surface area contributed by atoms with Crippen molar-refractivity contribution in [3.63, 3.8) is 0 Å². The van der Waals surface area contributed by atoms with Crippen LogP contribution in [0.1, 0.15) is 103 Å². The van der Waals surface area contributed by atoms with E-state index in [1.54, 1.807) is 0 Å². The Morgan fingerprint density at radius 3 is 2.45 bits per heavy atom. The fourth-order valence-electron chi connectivity index (χ4n) is 11.0. The van der Waals surface area contributed by atoms with Gasteiger partial charge in [-0.25, -0.2) is 4.63 Å². The van der Waals surface area contributed by atoms with E-state index in [2.05, 4.69) is 31.1 Å². The number of carboxylic acids is 2. The minimum Gasteiger partial charge on any atom is -0.481 e. The van der Waals surface area contributed by atoms with Gasteiger partial charge in [-0.05, 0) is 139 Å². The van der Waals surface area contributed by atoms with E-state index in [9.17, 15) is 34.7 Å². The molecule has 1 unspecified atom stereocenters. The number of carboxylic acid groups (broad SMARTS) is 2. The van der Waals surface area contributed by atoms with Crippen LogP contribution in [0.15, 0.2) is 16.8 Å². The third-order valence-electron chi connectivity index (χ3n) is 13.4. The van der Waals surface area contributed by atoms with Gasteiger partial charge in [0.15, 0.2) is 0 Å². The molecule has 4 aliphatic carbocycles. The van der Waals surface area contributed by atoms with Gasteiger partial charge in [0.05, 0.1) is 17.3 Å². The first-order valence-corrected chi connectivity index (χ1v) is 17.3. The predicted octanol–water partition coefficient (Wildman–Crippen LogP) is 6.84. The second-order valence-corrected chi connectivity index (χ2v) is 15.6. The average molecular weight is 654 g/mol. The van der Waals surface area contributed by atoms with Crippen LogP contribution >= 0.6 is 0 Å². The molecule has 4 saturated carbocycles. The summed E-state index contributed by atoms with van der Waals surface area (Å²) in [6.45, 7) is 7.20. The molecule has 12 heteroatoms. The molecule has 2 aromatic rings. The summed E-state index contributed by atoms with van der Waals surface area (Å²) >= 11 is 0. The minimum absolute atomic E-state index is 0.0124. The first-order valence-electron chi connectivity index (χ1n) is 17.3. The zero-order valence-corrected chi connectivity index (χ0v) is 27.6. The molecule has 4 fully saturated rings. The molecule has 0 saturated heterocycles. The lowest BCUT2D eigenvalue weighted by Crippen LogP contribution is -2.54. The second-order valence-electron chi connectivity index (χ2n) is 15.6. The van der Waals surface area contributed by atoms with Gasteiger partial charge in [-0.15, -0.1) is 0 Å². The van der Waals surface area contributed by atoms with Crippen molar-refractivity contribution in [1.82, 2.24) is 10.3 Å². The van der Waals surface area contributed by atoms with Gasteiger partial charge in [0.1, 0.15) is 11.6 Å². The molecule has 10 atom stereocenters. The van der Waals surface area contributed by atoms with Gasteiger partial charge in [-0.2, -0.15) is 0 Å². The first-order chi connectivity index (χ1) is 22.3. The number of carbonyl (C=O) groups is 3. The molecule has 12 nitrogen and oxygen atoms in total. The molecule has 2 N–H and O–H groups in total. The Balaban J connectivity index is 1.11. The quantitative estimate of drug-likeness (QED) is 0.147. The average Bonchev–Trinajstić information content (AvgIpc) is 3.64. The highest BCUT2D eigenvalue weighted by Gasteiger charge is 2.60. The number of hydrogen-bond donors (Lipinski definition) is 2. The fraction of sp³-hybridized carbons (Fsp3) is 0.743. The lowest BCUT2D eigenvalue weighted by Gasteiger charge is -2.61. The van der Waals surface area contributed by atoms with Crippen molar-refractivity contribution in [2.45, 2.75) is 110 Å². The maximum Gasteiger partial charge on any atom is 0.310 e. The summed E-state index contributed by atoms with van der Waals surface area (Å²) in [7, 11) is 0. The van der Waals surface area contributed by atoms with Crippen molar-refractivity contribution in [1.29, 1.82) is 0 Å². The second kappa shape index (κ2) is 12.8. The number of rotatable bonds is 11. The number of aromatic nitrogens is 2. The van der Waals surface area contributed by atoms with Gasteiger partial charge in [-0.3, -0.25) is 24.5 Å². The number of non-ortho nitro benzene ring substituents is 1. The van der Waals surface area contributed by atoms with Gasteiger partial charge in [0.2, 0.25) is 5.52 Å². The van der Waals surface area contributed by atoms with Crippen molar-refractivity contribution in [3.05, 3.63) is 27.8 Å². The summed E-state index contributed by atoms with van der Waals surface area (Å²) in [5, 5.41) is 37.7. The number of esters is 1. The highest BCUT2D eigenvalue weighted by Crippen LogP contribution is 2.68. The van der Waals surface area contributed by atoms with E-state index in [4.69, 9.17) is 9.37 Å². The Hall–Kier alpha value is -3.57. The Labute approximate surface area is 274 Å². The number of ether oxygens (including phenoxy) is 1. The molecule has 1 heterocycles. The number of carbonyl (C=O) groups excluding carboxylic acids is 1. The van der Waals surface area contributed by atoms with E-state index in [1.165, 1.54) is 44.2 Å². The number of benzene rings is 1. The molecule has 1 aromatic heterocycles. The molecule has 1 aromatic carbocycles. The van der Waals surface area contributed by atoms with E-state index in [0.717, 1.165) is 32.1 Å². The van der Waals surface area contributed by atoms with Crippen LogP contribution in [0.5, 0.6) is 0 Å². The van der Waals surface area contributed by atoms with Crippen LogP contribution in [-0.4, -0.2) is 49.5 Å². The highest BCUT2D eigenvalue weighted by molar-refractivity contribution is 5.87. The number of aliphatic carboxylic acids is 2. The Bertz CT molecular complexity index is 1540. The summed E-state index contributed by atoms with van der Waals surface area (Å²) in [4.78, 5) is 47.3. The lowest BCUT2D eigenvalue weighted by atomic mass is 9.44. The van der Waals surface area contributed by atoms with E-state index in [-0.39, 0.29) is 46.5 Å². The number of hydrogen-bond acceptors (Lipinski definition) is 9. The summed E-state index contributed by atoms with van der Waals surface area (Å²) in [6, 6.07) is 2.73. The topological polar surface area (TPSA) is 183 Å². The molecule has 47 heavy (non-hydrogen) atoms. The molecule has 4 aliphatic rings.